The number of nitrogens with two attached hydrogens (primary N) is 1. The van der Waals surface area contributed by atoms with E-state index < -0.39 is 5.91 Å². The quantitative estimate of drug-likeness (QED) is 0.594. The lowest BCUT2D eigenvalue weighted by molar-refractivity contribution is -0.119. The molecular formula is C23H23N3O2. The number of pyridine rings is 1. The van der Waals surface area contributed by atoms with E-state index in [1.807, 2.05) is 42.5 Å². The van der Waals surface area contributed by atoms with E-state index in [0.717, 1.165) is 53.4 Å². The number of carbonyl (C=O) groups excluding carboxylic acids is 1. The van der Waals surface area contributed by atoms with Crippen molar-refractivity contribution in [1.82, 2.24) is 4.98 Å². The van der Waals surface area contributed by atoms with Gasteiger partial charge in [-0.3, -0.25) is 9.78 Å². The highest BCUT2D eigenvalue weighted by atomic mass is 16.5. The molecule has 0 atom stereocenters. The van der Waals surface area contributed by atoms with Gasteiger partial charge in [0.15, 0.2) is 6.61 Å². The molecule has 0 aliphatic heterocycles. The zero-order chi connectivity index (χ0) is 19.9. The van der Waals surface area contributed by atoms with Gasteiger partial charge in [0.05, 0.1) is 16.8 Å². The van der Waals surface area contributed by atoms with Gasteiger partial charge in [0.25, 0.3) is 5.91 Å². The first kappa shape index (κ1) is 19.4. The standard InChI is InChI=1S/C23H23N3O2/c1-2-3-5-10-20-19(14-24)23(16-8-6-4-7-9-16)18-13-17(28-15-22(25)27)11-12-21(18)26-20/h4,6-9,11-13H,2-3,5,10,15H2,1H3,(H2,25,27). The summed E-state index contributed by atoms with van der Waals surface area (Å²) in [6, 6.07) is 17.7. The Hall–Kier alpha value is -3.39. The number of hydrogen-bond donors (Lipinski definition) is 1. The number of carbonyl (C=O) groups is 1. The maximum Gasteiger partial charge on any atom is 0.255 e. The normalized spacial score (nSPS) is 10.6. The minimum atomic E-state index is -0.537. The Balaban J connectivity index is 2.19. The molecule has 2 N–H and O–H groups in total. The molecule has 0 radical (unpaired) electrons. The van der Waals surface area contributed by atoms with Crippen LogP contribution in [0.5, 0.6) is 5.75 Å². The summed E-state index contributed by atoms with van der Waals surface area (Å²) in [5.41, 5.74) is 9.21. The van der Waals surface area contributed by atoms with Gasteiger partial charge in [-0.15, -0.1) is 0 Å². The van der Waals surface area contributed by atoms with Crippen molar-refractivity contribution in [2.24, 2.45) is 5.73 Å². The van der Waals surface area contributed by atoms with E-state index in [1.54, 1.807) is 6.07 Å². The Bertz CT molecular complexity index is 1020. The van der Waals surface area contributed by atoms with Crippen LogP contribution in [-0.4, -0.2) is 17.5 Å². The zero-order valence-corrected chi connectivity index (χ0v) is 15.9. The number of amides is 1. The predicted octanol–water partition coefficient (Wildman–Crippen LogP) is 4.37. The number of benzene rings is 2. The van der Waals surface area contributed by atoms with Crippen molar-refractivity contribution < 1.29 is 9.53 Å². The van der Waals surface area contributed by atoms with Crippen LogP contribution in [0.4, 0.5) is 0 Å². The average Bonchev–Trinajstić information content (AvgIpc) is 2.72. The fourth-order valence-corrected chi connectivity index (χ4v) is 3.29. The first-order chi connectivity index (χ1) is 13.6. The third-order valence-corrected chi connectivity index (χ3v) is 4.60. The van der Waals surface area contributed by atoms with Gasteiger partial charge < -0.3 is 10.5 Å². The predicted molar refractivity (Wildman–Crippen MR) is 110 cm³/mol. The number of fused-ring (bicyclic) bond motifs is 1. The average molecular weight is 373 g/mol. The minimum absolute atomic E-state index is 0.195. The molecule has 0 saturated carbocycles. The highest BCUT2D eigenvalue weighted by Gasteiger charge is 2.17. The third-order valence-electron chi connectivity index (χ3n) is 4.60. The minimum Gasteiger partial charge on any atom is -0.484 e. The van der Waals surface area contributed by atoms with Crippen LogP contribution in [0.15, 0.2) is 48.5 Å². The number of rotatable bonds is 8. The maximum atomic E-state index is 11.0. The van der Waals surface area contributed by atoms with E-state index in [-0.39, 0.29) is 6.61 Å². The lowest BCUT2D eigenvalue weighted by Crippen LogP contribution is -2.20. The summed E-state index contributed by atoms with van der Waals surface area (Å²) in [6.45, 7) is 1.96. The van der Waals surface area contributed by atoms with Gasteiger partial charge in [-0.05, 0) is 36.6 Å². The molecule has 0 aliphatic rings. The SMILES string of the molecule is CCCCCc1nc2ccc(OCC(N)=O)cc2c(-c2ccccc2)c1C#N. The fourth-order valence-electron chi connectivity index (χ4n) is 3.29. The van der Waals surface area contributed by atoms with E-state index in [1.165, 1.54) is 0 Å². The van der Waals surface area contributed by atoms with Gasteiger partial charge >= 0.3 is 0 Å². The van der Waals surface area contributed by atoms with Gasteiger partial charge in [0, 0.05) is 10.9 Å². The molecule has 1 heterocycles. The summed E-state index contributed by atoms with van der Waals surface area (Å²) < 4.78 is 5.46. The van der Waals surface area contributed by atoms with Crippen molar-refractivity contribution in [2.75, 3.05) is 6.61 Å². The molecule has 1 aromatic heterocycles. The number of nitrogens with zero attached hydrogens (tertiary/aromatic N) is 2. The Morgan fingerprint density at radius 3 is 2.64 bits per heavy atom. The Morgan fingerprint density at radius 2 is 1.96 bits per heavy atom. The third kappa shape index (κ3) is 4.29. The number of aryl methyl sites for hydroxylation is 1. The molecular weight excluding hydrogens is 350 g/mol. The maximum absolute atomic E-state index is 11.0. The lowest BCUT2D eigenvalue weighted by atomic mass is 9.93. The number of hydrogen-bond acceptors (Lipinski definition) is 4. The molecule has 0 saturated heterocycles. The number of nitriles is 1. The molecule has 2 aromatic carbocycles. The van der Waals surface area contributed by atoms with Gasteiger partial charge in [0.2, 0.25) is 0 Å². The van der Waals surface area contributed by atoms with E-state index in [4.69, 9.17) is 15.5 Å². The van der Waals surface area contributed by atoms with E-state index in [0.29, 0.717) is 11.3 Å². The summed E-state index contributed by atoms with van der Waals surface area (Å²) in [5, 5.41) is 10.8. The van der Waals surface area contributed by atoms with Crippen LogP contribution in [0, 0.1) is 11.3 Å². The smallest absolute Gasteiger partial charge is 0.255 e. The van der Waals surface area contributed by atoms with Gasteiger partial charge in [-0.1, -0.05) is 50.1 Å². The summed E-state index contributed by atoms with van der Waals surface area (Å²) in [7, 11) is 0. The fraction of sp³-hybridized carbons (Fsp3) is 0.261. The summed E-state index contributed by atoms with van der Waals surface area (Å²) >= 11 is 0. The molecule has 0 spiro atoms. The van der Waals surface area contributed by atoms with Gasteiger partial charge in [0.1, 0.15) is 11.8 Å². The number of primary amides is 1. The van der Waals surface area contributed by atoms with Gasteiger partial charge in [-0.25, -0.2) is 0 Å². The molecule has 3 aromatic rings. The molecule has 0 aliphatic carbocycles. The van der Waals surface area contributed by atoms with Crippen molar-refractivity contribution in [3.05, 3.63) is 59.8 Å². The van der Waals surface area contributed by atoms with Crippen LogP contribution in [0.3, 0.4) is 0 Å². The highest BCUT2D eigenvalue weighted by molar-refractivity contribution is 5.98. The first-order valence-electron chi connectivity index (χ1n) is 9.47. The Labute approximate surface area is 164 Å². The largest absolute Gasteiger partial charge is 0.484 e. The molecule has 0 unspecified atom stereocenters. The van der Waals surface area contributed by atoms with Crippen molar-refractivity contribution in [2.45, 2.75) is 32.6 Å². The molecule has 142 valence electrons. The van der Waals surface area contributed by atoms with Crippen LogP contribution in [-0.2, 0) is 11.2 Å². The van der Waals surface area contributed by atoms with Crippen molar-refractivity contribution in [1.29, 1.82) is 5.26 Å². The van der Waals surface area contributed by atoms with Crippen molar-refractivity contribution >= 4 is 16.8 Å². The van der Waals surface area contributed by atoms with Crippen molar-refractivity contribution in [3.63, 3.8) is 0 Å². The first-order valence-corrected chi connectivity index (χ1v) is 9.47. The lowest BCUT2D eigenvalue weighted by Gasteiger charge is -2.14. The molecule has 5 nitrogen and oxygen atoms in total. The summed E-state index contributed by atoms with van der Waals surface area (Å²) in [6.07, 6.45) is 3.98. The molecule has 0 bridgehead atoms. The number of ether oxygens (including phenoxy) is 1. The molecule has 1 amide bonds. The molecule has 0 fully saturated rings. The number of aromatic nitrogens is 1. The summed E-state index contributed by atoms with van der Waals surface area (Å²) in [5.74, 6) is -0.0154. The molecule has 5 heteroatoms. The topological polar surface area (TPSA) is 89.0 Å². The second-order valence-electron chi connectivity index (χ2n) is 6.68. The van der Waals surface area contributed by atoms with Crippen LogP contribution < -0.4 is 10.5 Å². The Kier molecular flexibility index (Phi) is 6.23. The number of unbranched alkanes of at least 4 members (excludes halogenated alkanes) is 2. The van der Waals surface area contributed by atoms with Crippen LogP contribution in [0.1, 0.15) is 37.4 Å². The van der Waals surface area contributed by atoms with Crippen molar-refractivity contribution in [3.8, 4) is 22.9 Å². The van der Waals surface area contributed by atoms with Crippen LogP contribution in [0.2, 0.25) is 0 Å². The summed E-state index contributed by atoms with van der Waals surface area (Å²) in [4.78, 5) is 15.8. The molecule has 3 rings (SSSR count). The second-order valence-corrected chi connectivity index (χ2v) is 6.68. The zero-order valence-electron chi connectivity index (χ0n) is 15.9. The second kappa shape index (κ2) is 9.01. The van der Waals surface area contributed by atoms with E-state index in [2.05, 4.69) is 13.0 Å². The van der Waals surface area contributed by atoms with Gasteiger partial charge in [-0.2, -0.15) is 5.26 Å². The monoisotopic (exact) mass is 373 g/mol. The van der Waals surface area contributed by atoms with Crippen LogP contribution >= 0.6 is 0 Å². The van der Waals surface area contributed by atoms with Crippen LogP contribution in [0.25, 0.3) is 22.0 Å². The highest BCUT2D eigenvalue weighted by Crippen LogP contribution is 2.35. The molecule has 28 heavy (non-hydrogen) atoms. The van der Waals surface area contributed by atoms with E-state index >= 15 is 0 Å². The Morgan fingerprint density at radius 1 is 1.18 bits per heavy atom. The van der Waals surface area contributed by atoms with E-state index in [9.17, 15) is 10.1 Å².